The quantitative estimate of drug-likeness (QED) is 0.363. The lowest BCUT2D eigenvalue weighted by Crippen LogP contribution is -2.33. The van der Waals surface area contributed by atoms with Crippen LogP contribution < -0.4 is 4.90 Å². The van der Waals surface area contributed by atoms with Gasteiger partial charge in [-0.1, -0.05) is 36.2 Å². The molecule has 0 fully saturated rings. The number of anilines is 1. The van der Waals surface area contributed by atoms with E-state index in [9.17, 15) is 4.79 Å². The van der Waals surface area contributed by atoms with Crippen molar-refractivity contribution in [2.24, 2.45) is 5.92 Å². The Kier molecular flexibility index (Phi) is 9.00. The number of carbonyl (C=O) groups is 1. The molecule has 0 aromatic heterocycles. The first-order valence-electron chi connectivity index (χ1n) is 13.6. The second-order valence-corrected chi connectivity index (χ2v) is 11.8. The van der Waals surface area contributed by atoms with Gasteiger partial charge in [0.1, 0.15) is 5.60 Å². The van der Waals surface area contributed by atoms with Crippen LogP contribution in [-0.2, 0) is 33.5 Å². The fraction of sp³-hybridized carbons (Fsp3) is 0.581. The van der Waals surface area contributed by atoms with Crippen LogP contribution in [0.5, 0.6) is 0 Å². The smallest absolute Gasteiger partial charge is 0.306 e. The van der Waals surface area contributed by atoms with Crippen LogP contribution >= 0.6 is 11.6 Å². The largest absolute Gasteiger partial charge is 0.460 e. The van der Waals surface area contributed by atoms with E-state index in [0.717, 1.165) is 63.2 Å². The lowest BCUT2D eigenvalue weighted by Gasteiger charge is -2.36. The molecule has 5 heteroatoms. The maximum Gasteiger partial charge on any atom is 0.306 e. The van der Waals surface area contributed by atoms with E-state index in [1.807, 2.05) is 26.8 Å². The van der Waals surface area contributed by atoms with E-state index in [1.54, 1.807) is 7.11 Å². The summed E-state index contributed by atoms with van der Waals surface area (Å²) in [6, 6.07) is 10.9. The van der Waals surface area contributed by atoms with Crippen LogP contribution in [0.2, 0.25) is 5.02 Å². The Balaban J connectivity index is 1.66. The zero-order valence-corrected chi connectivity index (χ0v) is 23.3. The molecule has 4 nitrogen and oxygen atoms in total. The van der Waals surface area contributed by atoms with Crippen molar-refractivity contribution in [1.29, 1.82) is 0 Å². The number of benzene rings is 2. The molecule has 0 radical (unpaired) electrons. The number of methoxy groups -OCH3 is 1. The van der Waals surface area contributed by atoms with Crippen molar-refractivity contribution >= 4 is 23.3 Å². The fourth-order valence-electron chi connectivity index (χ4n) is 5.92. The minimum Gasteiger partial charge on any atom is -0.460 e. The predicted octanol–water partition coefficient (Wildman–Crippen LogP) is 7.41. The second-order valence-electron chi connectivity index (χ2n) is 11.4. The number of ether oxygens (including phenoxy) is 2. The molecular weight excluding hydrogens is 470 g/mol. The first-order chi connectivity index (χ1) is 17.2. The number of halogens is 1. The van der Waals surface area contributed by atoms with Gasteiger partial charge in [0.05, 0.1) is 6.61 Å². The Bertz CT molecular complexity index is 1060. The standard InChI is InChI=1S/C31H42ClNO3/c1-31(2,3)36-28(34)16-14-22-8-5-9-23-20-25-11-7-17-33(18-19-35-4)30(25)29(27(23)15-13-22)24-10-6-12-26(32)21-24/h6,10,12,20-22H,5,7-9,11,13-19H2,1-4H3. The Labute approximate surface area is 222 Å². The van der Waals surface area contributed by atoms with Gasteiger partial charge in [-0.25, -0.2) is 0 Å². The molecule has 4 rings (SSSR count). The molecule has 2 aliphatic rings. The van der Waals surface area contributed by atoms with E-state index in [4.69, 9.17) is 21.1 Å². The van der Waals surface area contributed by atoms with Gasteiger partial charge in [-0.05, 0) is 106 Å². The highest BCUT2D eigenvalue weighted by molar-refractivity contribution is 6.30. The molecule has 1 aliphatic carbocycles. The summed E-state index contributed by atoms with van der Waals surface area (Å²) >= 11 is 6.50. The zero-order chi connectivity index (χ0) is 25.7. The predicted molar refractivity (Wildman–Crippen MR) is 149 cm³/mol. The lowest BCUT2D eigenvalue weighted by atomic mass is 9.79. The van der Waals surface area contributed by atoms with Gasteiger partial charge in [0.2, 0.25) is 0 Å². The third-order valence-corrected chi connectivity index (χ3v) is 7.72. The molecule has 1 aliphatic heterocycles. The molecule has 0 amide bonds. The SMILES string of the molecule is COCCN1CCCc2cc3c(c(-c4cccc(Cl)c4)c21)CCC(CCC(=O)OC(C)(C)C)CCC3. The van der Waals surface area contributed by atoms with Crippen molar-refractivity contribution in [3.63, 3.8) is 0 Å². The number of nitrogens with zero attached hydrogens (tertiary/aromatic N) is 1. The van der Waals surface area contributed by atoms with Gasteiger partial charge in [-0.3, -0.25) is 4.79 Å². The van der Waals surface area contributed by atoms with Crippen molar-refractivity contribution in [2.75, 3.05) is 31.7 Å². The first-order valence-corrected chi connectivity index (χ1v) is 14.0. The number of hydrogen-bond donors (Lipinski definition) is 0. The number of esters is 1. The summed E-state index contributed by atoms with van der Waals surface area (Å²) in [4.78, 5) is 14.9. The highest BCUT2D eigenvalue weighted by Crippen LogP contribution is 2.44. The van der Waals surface area contributed by atoms with Crippen LogP contribution in [0.1, 0.15) is 76.0 Å². The molecule has 0 spiro atoms. The van der Waals surface area contributed by atoms with E-state index in [-0.39, 0.29) is 5.97 Å². The number of carbonyl (C=O) groups excluding carboxylic acids is 1. The Morgan fingerprint density at radius 2 is 1.89 bits per heavy atom. The maximum atomic E-state index is 12.4. The fourth-order valence-corrected chi connectivity index (χ4v) is 6.11. The molecule has 1 atom stereocenters. The normalized spacial score (nSPS) is 18.1. The molecule has 196 valence electrons. The number of fused-ring (bicyclic) bond motifs is 2. The van der Waals surface area contributed by atoms with Gasteiger partial charge < -0.3 is 14.4 Å². The molecule has 1 unspecified atom stereocenters. The lowest BCUT2D eigenvalue weighted by molar-refractivity contribution is -0.155. The van der Waals surface area contributed by atoms with E-state index >= 15 is 0 Å². The minimum atomic E-state index is -0.420. The summed E-state index contributed by atoms with van der Waals surface area (Å²) in [5, 5.41) is 0.777. The summed E-state index contributed by atoms with van der Waals surface area (Å²) < 4.78 is 11.0. The highest BCUT2D eigenvalue weighted by atomic mass is 35.5. The van der Waals surface area contributed by atoms with E-state index in [2.05, 4.69) is 29.2 Å². The Morgan fingerprint density at radius 3 is 2.64 bits per heavy atom. The molecule has 0 saturated heterocycles. The second kappa shape index (κ2) is 12.0. The molecule has 1 heterocycles. The van der Waals surface area contributed by atoms with Crippen LogP contribution in [0, 0.1) is 5.92 Å². The van der Waals surface area contributed by atoms with Crippen LogP contribution in [0.15, 0.2) is 30.3 Å². The van der Waals surface area contributed by atoms with Crippen molar-refractivity contribution in [2.45, 2.75) is 84.2 Å². The number of hydrogen-bond acceptors (Lipinski definition) is 4. The zero-order valence-electron chi connectivity index (χ0n) is 22.5. The van der Waals surface area contributed by atoms with Crippen molar-refractivity contribution < 1.29 is 14.3 Å². The molecule has 2 aromatic rings. The monoisotopic (exact) mass is 511 g/mol. The third kappa shape index (κ3) is 6.83. The summed E-state index contributed by atoms with van der Waals surface area (Å²) in [7, 11) is 1.78. The van der Waals surface area contributed by atoms with Gasteiger partial charge in [-0.2, -0.15) is 0 Å². The van der Waals surface area contributed by atoms with Gasteiger partial charge in [0, 0.05) is 42.9 Å². The topological polar surface area (TPSA) is 38.8 Å². The average molecular weight is 512 g/mol. The Morgan fingerprint density at radius 1 is 1.08 bits per heavy atom. The summed E-state index contributed by atoms with van der Waals surface area (Å²) in [6.45, 7) is 8.48. The van der Waals surface area contributed by atoms with E-state index < -0.39 is 5.60 Å². The number of aryl methyl sites for hydroxylation is 2. The van der Waals surface area contributed by atoms with Crippen molar-refractivity contribution in [3.8, 4) is 11.1 Å². The first kappa shape index (κ1) is 27.0. The van der Waals surface area contributed by atoms with Gasteiger partial charge in [0.15, 0.2) is 0 Å². The van der Waals surface area contributed by atoms with Crippen molar-refractivity contribution in [3.05, 3.63) is 52.0 Å². The Hall–Kier alpha value is -2.04. The summed E-state index contributed by atoms with van der Waals surface area (Å²) in [6.07, 6.45) is 9.26. The average Bonchev–Trinajstić information content (AvgIpc) is 2.80. The van der Waals surface area contributed by atoms with E-state index in [1.165, 1.54) is 46.3 Å². The van der Waals surface area contributed by atoms with Crippen LogP contribution in [0.3, 0.4) is 0 Å². The minimum absolute atomic E-state index is 0.0765. The van der Waals surface area contributed by atoms with Crippen LogP contribution in [0.4, 0.5) is 5.69 Å². The van der Waals surface area contributed by atoms with Crippen LogP contribution in [0.25, 0.3) is 11.1 Å². The van der Waals surface area contributed by atoms with E-state index in [0.29, 0.717) is 12.3 Å². The van der Waals surface area contributed by atoms with Gasteiger partial charge in [-0.15, -0.1) is 0 Å². The van der Waals surface area contributed by atoms with Gasteiger partial charge in [0.25, 0.3) is 0 Å². The molecule has 2 aromatic carbocycles. The maximum absolute atomic E-state index is 12.4. The molecule has 0 bridgehead atoms. The van der Waals surface area contributed by atoms with Crippen LogP contribution in [-0.4, -0.2) is 38.4 Å². The van der Waals surface area contributed by atoms with Gasteiger partial charge >= 0.3 is 5.97 Å². The molecule has 0 N–H and O–H groups in total. The summed E-state index contributed by atoms with van der Waals surface area (Å²) in [5.74, 6) is 0.464. The number of rotatable bonds is 7. The third-order valence-electron chi connectivity index (χ3n) is 7.49. The molecule has 36 heavy (non-hydrogen) atoms. The highest BCUT2D eigenvalue weighted by Gasteiger charge is 2.28. The molecular formula is C31H42ClNO3. The molecule has 0 saturated carbocycles. The summed E-state index contributed by atoms with van der Waals surface area (Å²) in [5.41, 5.74) is 7.99. The van der Waals surface area contributed by atoms with Crippen molar-refractivity contribution in [1.82, 2.24) is 0 Å².